The Morgan fingerprint density at radius 1 is 1.05 bits per heavy atom. The summed E-state index contributed by atoms with van der Waals surface area (Å²) in [7, 11) is 1.73. The number of hydrogen-bond acceptors (Lipinski definition) is 3. The van der Waals surface area contributed by atoms with Crippen molar-refractivity contribution in [1.29, 1.82) is 0 Å². The van der Waals surface area contributed by atoms with Gasteiger partial charge in [-0.3, -0.25) is 0 Å². The molecule has 3 rings (SSSR count). The molecule has 1 unspecified atom stereocenters. The van der Waals surface area contributed by atoms with Crippen molar-refractivity contribution in [3.05, 3.63) is 42.0 Å². The highest BCUT2D eigenvalue weighted by molar-refractivity contribution is 6.05. The smallest absolute Gasteiger partial charge is 0.135 e. The number of hydrogen-bond donors (Lipinski definition) is 0. The molecule has 0 aliphatic heterocycles. The van der Waals surface area contributed by atoms with Crippen LogP contribution in [0.4, 0.5) is 0 Å². The van der Waals surface area contributed by atoms with E-state index in [9.17, 15) is 0 Å². The van der Waals surface area contributed by atoms with E-state index in [1.807, 2.05) is 25.1 Å². The maximum absolute atomic E-state index is 5.89. The Bertz CT molecular complexity index is 758. The fraction of sp³-hybridized carbons (Fsp3) is 0.333. The molecule has 1 heterocycles. The van der Waals surface area contributed by atoms with Crippen LogP contribution in [0, 0.1) is 0 Å². The molecule has 0 fully saturated rings. The summed E-state index contributed by atoms with van der Waals surface area (Å²) in [4.78, 5) is 0. The third kappa shape index (κ3) is 2.61. The zero-order valence-electron chi connectivity index (χ0n) is 12.7. The number of fused-ring (bicyclic) bond motifs is 3. The Morgan fingerprint density at radius 2 is 1.76 bits per heavy atom. The molecule has 3 nitrogen and oxygen atoms in total. The van der Waals surface area contributed by atoms with E-state index >= 15 is 0 Å². The largest absolute Gasteiger partial charge is 0.494 e. The quantitative estimate of drug-likeness (QED) is 0.678. The summed E-state index contributed by atoms with van der Waals surface area (Å²) in [6.07, 6.45) is 0. The highest BCUT2D eigenvalue weighted by atomic mass is 16.5. The third-order valence-electron chi connectivity index (χ3n) is 3.76. The van der Waals surface area contributed by atoms with Crippen LogP contribution < -0.4 is 4.74 Å². The van der Waals surface area contributed by atoms with E-state index in [-0.39, 0.29) is 0 Å². The summed E-state index contributed by atoms with van der Waals surface area (Å²) in [5.74, 6) is 1.24. The molecule has 1 atom stereocenters. The third-order valence-corrected chi connectivity index (χ3v) is 3.76. The second kappa shape index (κ2) is 5.78. The highest BCUT2D eigenvalue weighted by Crippen LogP contribution is 2.33. The van der Waals surface area contributed by atoms with Gasteiger partial charge in [-0.15, -0.1) is 0 Å². The molecule has 3 aromatic rings. The van der Waals surface area contributed by atoms with Crippen molar-refractivity contribution in [3.63, 3.8) is 0 Å². The van der Waals surface area contributed by atoms with Gasteiger partial charge in [0.1, 0.15) is 16.9 Å². The summed E-state index contributed by atoms with van der Waals surface area (Å²) in [5, 5.41) is 2.23. The van der Waals surface area contributed by atoms with E-state index in [1.54, 1.807) is 7.11 Å². The van der Waals surface area contributed by atoms with E-state index < -0.39 is 0 Å². The van der Waals surface area contributed by atoms with Gasteiger partial charge in [-0.05, 0) is 42.8 Å². The van der Waals surface area contributed by atoms with E-state index in [0.29, 0.717) is 19.1 Å². The van der Waals surface area contributed by atoms with Crippen molar-refractivity contribution >= 4 is 21.9 Å². The van der Waals surface area contributed by atoms with Crippen LogP contribution in [0.5, 0.6) is 5.75 Å². The minimum absolute atomic E-state index is 0.361. The molecule has 1 aromatic heterocycles. The van der Waals surface area contributed by atoms with Crippen molar-refractivity contribution in [2.75, 3.05) is 20.3 Å². The van der Waals surface area contributed by atoms with Crippen molar-refractivity contribution in [2.24, 2.45) is 0 Å². The first kappa shape index (κ1) is 14.0. The van der Waals surface area contributed by atoms with E-state index in [4.69, 9.17) is 13.9 Å². The maximum Gasteiger partial charge on any atom is 0.135 e. The lowest BCUT2D eigenvalue weighted by atomic mass is 10.00. The lowest BCUT2D eigenvalue weighted by molar-refractivity contribution is 0.184. The number of ether oxygens (including phenoxy) is 2. The fourth-order valence-electron chi connectivity index (χ4n) is 2.68. The topological polar surface area (TPSA) is 31.6 Å². The predicted octanol–water partition coefficient (Wildman–Crippen LogP) is 4.73. The number of benzene rings is 2. The lowest BCUT2D eigenvalue weighted by Crippen LogP contribution is -2.01. The summed E-state index contributed by atoms with van der Waals surface area (Å²) in [6.45, 7) is 5.53. The van der Waals surface area contributed by atoms with E-state index in [0.717, 1.165) is 27.7 Å². The average Bonchev–Trinajstić information content (AvgIpc) is 2.85. The molecule has 0 amide bonds. The van der Waals surface area contributed by atoms with Gasteiger partial charge in [0, 0.05) is 23.8 Å². The van der Waals surface area contributed by atoms with Crippen LogP contribution in [0.2, 0.25) is 0 Å². The molecule has 0 saturated heterocycles. The van der Waals surface area contributed by atoms with Gasteiger partial charge in [0.25, 0.3) is 0 Å². The van der Waals surface area contributed by atoms with Crippen molar-refractivity contribution < 1.29 is 13.9 Å². The Balaban J connectivity index is 2.13. The van der Waals surface area contributed by atoms with Crippen molar-refractivity contribution in [1.82, 2.24) is 0 Å². The van der Waals surface area contributed by atoms with Crippen LogP contribution in [0.3, 0.4) is 0 Å². The molecule has 0 radical (unpaired) electrons. The summed E-state index contributed by atoms with van der Waals surface area (Å²) in [5.41, 5.74) is 3.06. The number of rotatable bonds is 5. The molecule has 0 N–H and O–H groups in total. The molecule has 0 spiro atoms. The first-order chi connectivity index (χ1) is 10.2. The number of furan rings is 1. The van der Waals surface area contributed by atoms with Crippen LogP contribution in [-0.2, 0) is 4.74 Å². The normalized spacial score (nSPS) is 12.9. The molecule has 3 heteroatoms. The summed E-state index contributed by atoms with van der Waals surface area (Å²) in [6, 6.07) is 12.3. The van der Waals surface area contributed by atoms with Gasteiger partial charge in [0.2, 0.25) is 0 Å². The lowest BCUT2D eigenvalue weighted by Gasteiger charge is -2.10. The summed E-state index contributed by atoms with van der Waals surface area (Å²) >= 11 is 0. The van der Waals surface area contributed by atoms with Crippen molar-refractivity contribution in [3.8, 4) is 5.75 Å². The molecule has 21 heavy (non-hydrogen) atoms. The van der Waals surface area contributed by atoms with Gasteiger partial charge >= 0.3 is 0 Å². The van der Waals surface area contributed by atoms with Crippen molar-refractivity contribution in [2.45, 2.75) is 19.8 Å². The van der Waals surface area contributed by atoms with Crippen LogP contribution in [0.15, 0.2) is 40.8 Å². The summed E-state index contributed by atoms with van der Waals surface area (Å²) < 4.78 is 16.7. The highest BCUT2D eigenvalue weighted by Gasteiger charge is 2.11. The van der Waals surface area contributed by atoms with Crippen LogP contribution in [0.1, 0.15) is 25.3 Å². The Labute approximate surface area is 124 Å². The minimum atomic E-state index is 0.361. The Morgan fingerprint density at radius 3 is 2.48 bits per heavy atom. The van der Waals surface area contributed by atoms with Gasteiger partial charge in [-0.2, -0.15) is 0 Å². The first-order valence-corrected chi connectivity index (χ1v) is 7.31. The van der Waals surface area contributed by atoms with E-state index in [1.165, 1.54) is 5.56 Å². The zero-order chi connectivity index (χ0) is 14.8. The molecule has 2 aromatic carbocycles. The van der Waals surface area contributed by atoms with Crippen LogP contribution in [0.25, 0.3) is 21.9 Å². The van der Waals surface area contributed by atoms with E-state index in [2.05, 4.69) is 25.1 Å². The predicted molar refractivity (Wildman–Crippen MR) is 85.2 cm³/mol. The first-order valence-electron chi connectivity index (χ1n) is 7.31. The molecule has 0 aliphatic rings. The molecular formula is C18H20O3. The van der Waals surface area contributed by atoms with Crippen LogP contribution in [-0.4, -0.2) is 20.3 Å². The van der Waals surface area contributed by atoms with Gasteiger partial charge < -0.3 is 13.9 Å². The van der Waals surface area contributed by atoms with Crippen LogP contribution >= 0.6 is 0 Å². The van der Waals surface area contributed by atoms with Gasteiger partial charge in [0.15, 0.2) is 0 Å². The minimum Gasteiger partial charge on any atom is -0.494 e. The zero-order valence-corrected chi connectivity index (χ0v) is 12.7. The fourth-order valence-corrected chi connectivity index (χ4v) is 2.68. The molecule has 110 valence electrons. The standard InChI is InChI=1S/C18H20O3/c1-4-20-14-6-8-18-16(10-14)15-9-13(12(2)11-19-3)5-7-17(15)21-18/h5-10,12H,4,11H2,1-3H3. The molecule has 0 bridgehead atoms. The molecule has 0 saturated carbocycles. The maximum atomic E-state index is 5.89. The number of methoxy groups -OCH3 is 1. The second-order valence-corrected chi connectivity index (χ2v) is 5.31. The Hall–Kier alpha value is -2.00. The molecular weight excluding hydrogens is 264 g/mol. The van der Waals surface area contributed by atoms with Gasteiger partial charge in [-0.25, -0.2) is 0 Å². The van der Waals surface area contributed by atoms with Gasteiger partial charge in [-0.1, -0.05) is 13.0 Å². The monoisotopic (exact) mass is 284 g/mol. The SMILES string of the molecule is CCOc1ccc2oc3ccc(C(C)COC)cc3c2c1. The second-order valence-electron chi connectivity index (χ2n) is 5.31. The Kier molecular flexibility index (Phi) is 3.84. The van der Waals surface area contributed by atoms with Gasteiger partial charge in [0.05, 0.1) is 13.2 Å². The average molecular weight is 284 g/mol. The molecule has 0 aliphatic carbocycles.